The van der Waals surface area contributed by atoms with Gasteiger partial charge in [-0.15, -0.1) is 11.3 Å². The van der Waals surface area contributed by atoms with Crippen molar-refractivity contribution in [3.8, 4) is 27.3 Å². The van der Waals surface area contributed by atoms with Gasteiger partial charge in [0.15, 0.2) is 5.13 Å². The van der Waals surface area contributed by atoms with Crippen molar-refractivity contribution in [1.82, 2.24) is 0 Å². The summed E-state index contributed by atoms with van der Waals surface area (Å²) >= 11 is 0.909. The lowest BCUT2D eigenvalue weighted by atomic mass is 9.98. The second-order valence-electron chi connectivity index (χ2n) is 8.78. The number of nitrogens with one attached hydrogen (secondary N) is 1. The van der Waals surface area contributed by atoms with Gasteiger partial charge in [-0.05, 0) is 60.7 Å². The molecule has 1 aromatic heterocycles. The number of esters is 1. The van der Waals surface area contributed by atoms with E-state index < -0.39 is 17.3 Å². The number of halogens is 2. The number of thiophene rings is 1. The predicted molar refractivity (Wildman–Crippen MR) is 138 cm³/mol. The van der Waals surface area contributed by atoms with Crippen molar-refractivity contribution in [2.75, 3.05) is 5.32 Å². The first-order valence-electron chi connectivity index (χ1n) is 11.8. The van der Waals surface area contributed by atoms with E-state index in [1.54, 1.807) is 19.1 Å². The van der Waals surface area contributed by atoms with Crippen LogP contribution < -0.4 is 10.1 Å². The molecule has 1 heterocycles. The van der Waals surface area contributed by atoms with Crippen molar-refractivity contribution in [3.63, 3.8) is 0 Å². The maximum Gasteiger partial charge on any atom is 0.412 e. The Hall–Kier alpha value is -4.04. The molecule has 1 N–H and O–H groups in total. The highest BCUT2D eigenvalue weighted by Gasteiger charge is 2.31. The van der Waals surface area contributed by atoms with Gasteiger partial charge in [-0.2, -0.15) is 4.39 Å². The smallest absolute Gasteiger partial charge is 0.412 e. The number of anilines is 1. The first-order valence-corrected chi connectivity index (χ1v) is 12.6. The zero-order valence-electron chi connectivity index (χ0n) is 19.9. The van der Waals surface area contributed by atoms with E-state index in [0.29, 0.717) is 16.2 Å². The number of ether oxygens (including phenoxy) is 2. The van der Waals surface area contributed by atoms with Crippen molar-refractivity contribution < 1.29 is 27.8 Å². The standard InChI is InChI=1S/C29H23F2NO4S/c1-17(18-8-12-21(30)13-9-18)35-29(34)32-25-16-26(31)37-27(25)24-5-3-2-4-23(24)19-10-14-22(15-11-19)36-28(33)20-6-7-20/h2-5,8-17,20H,6-7H2,1H3,(H,32,34). The van der Waals surface area contributed by atoms with Crippen LogP contribution in [0.1, 0.15) is 31.4 Å². The number of rotatable bonds is 7. The zero-order chi connectivity index (χ0) is 25.9. The van der Waals surface area contributed by atoms with Gasteiger partial charge in [0.25, 0.3) is 0 Å². The molecule has 3 aromatic carbocycles. The molecule has 1 atom stereocenters. The molecule has 0 saturated heterocycles. The second kappa shape index (κ2) is 10.5. The Bertz CT molecular complexity index is 1430. The van der Waals surface area contributed by atoms with Gasteiger partial charge in [-0.3, -0.25) is 10.1 Å². The zero-order valence-corrected chi connectivity index (χ0v) is 20.7. The average molecular weight is 520 g/mol. The minimum absolute atomic E-state index is 0.00501. The maximum atomic E-state index is 14.4. The lowest BCUT2D eigenvalue weighted by Crippen LogP contribution is -2.16. The lowest BCUT2D eigenvalue weighted by molar-refractivity contribution is -0.135. The summed E-state index contributed by atoms with van der Waals surface area (Å²) < 4.78 is 38.4. The minimum atomic E-state index is -0.754. The van der Waals surface area contributed by atoms with E-state index in [2.05, 4.69) is 5.32 Å². The van der Waals surface area contributed by atoms with Crippen molar-refractivity contribution in [1.29, 1.82) is 0 Å². The maximum absolute atomic E-state index is 14.4. The first-order chi connectivity index (χ1) is 17.9. The summed E-state index contributed by atoms with van der Waals surface area (Å²) in [6.07, 6.45) is 0.357. The number of hydrogen-bond acceptors (Lipinski definition) is 5. The number of amides is 1. The third-order valence-corrected chi connectivity index (χ3v) is 6.98. The van der Waals surface area contributed by atoms with Crippen LogP contribution in [-0.2, 0) is 9.53 Å². The van der Waals surface area contributed by atoms with Crippen LogP contribution in [0, 0.1) is 16.9 Å². The molecule has 1 fully saturated rings. The monoisotopic (exact) mass is 519 g/mol. The molecule has 1 aliphatic carbocycles. The van der Waals surface area contributed by atoms with Gasteiger partial charge < -0.3 is 9.47 Å². The molecule has 0 radical (unpaired) electrons. The highest BCUT2D eigenvalue weighted by molar-refractivity contribution is 7.14. The molecule has 0 spiro atoms. The van der Waals surface area contributed by atoms with Crippen LogP contribution >= 0.6 is 11.3 Å². The van der Waals surface area contributed by atoms with E-state index in [1.807, 2.05) is 36.4 Å². The van der Waals surface area contributed by atoms with E-state index in [9.17, 15) is 18.4 Å². The summed E-state index contributed by atoms with van der Waals surface area (Å²) in [4.78, 5) is 25.1. The number of carbonyl (C=O) groups is 2. The van der Waals surface area contributed by atoms with E-state index in [-0.39, 0.29) is 23.4 Å². The summed E-state index contributed by atoms with van der Waals surface area (Å²) in [5.41, 5.74) is 3.29. The number of hydrogen-bond donors (Lipinski definition) is 1. The Morgan fingerprint density at radius 1 is 0.946 bits per heavy atom. The van der Waals surface area contributed by atoms with Gasteiger partial charge >= 0.3 is 12.1 Å². The Balaban J connectivity index is 1.35. The molecule has 1 unspecified atom stereocenters. The van der Waals surface area contributed by atoms with Gasteiger partial charge in [0, 0.05) is 11.6 Å². The summed E-state index contributed by atoms with van der Waals surface area (Å²) in [6, 6.07) is 21.5. The van der Waals surface area contributed by atoms with Crippen molar-refractivity contribution in [3.05, 3.63) is 95.4 Å². The van der Waals surface area contributed by atoms with Gasteiger partial charge in [-0.1, -0.05) is 48.5 Å². The van der Waals surface area contributed by atoms with Crippen LogP contribution in [0.3, 0.4) is 0 Å². The highest BCUT2D eigenvalue weighted by atomic mass is 32.1. The fourth-order valence-corrected chi connectivity index (χ4v) is 4.79. The molecule has 188 valence electrons. The molecule has 0 aliphatic heterocycles. The van der Waals surface area contributed by atoms with E-state index in [1.165, 1.54) is 30.3 Å². The van der Waals surface area contributed by atoms with Crippen LogP contribution in [0.4, 0.5) is 19.3 Å². The number of carbonyl (C=O) groups excluding carboxylic acids is 2. The van der Waals surface area contributed by atoms with Crippen molar-refractivity contribution in [2.45, 2.75) is 25.9 Å². The number of benzene rings is 3. The van der Waals surface area contributed by atoms with Crippen molar-refractivity contribution >= 4 is 29.1 Å². The summed E-state index contributed by atoms with van der Waals surface area (Å²) in [6.45, 7) is 1.67. The molecule has 1 amide bonds. The Morgan fingerprint density at radius 2 is 1.62 bits per heavy atom. The van der Waals surface area contributed by atoms with Crippen LogP contribution in [-0.4, -0.2) is 12.1 Å². The first kappa shape index (κ1) is 24.6. The third-order valence-electron chi connectivity index (χ3n) is 6.03. The molecule has 8 heteroatoms. The van der Waals surface area contributed by atoms with Crippen molar-refractivity contribution in [2.24, 2.45) is 5.92 Å². The Kier molecular flexibility index (Phi) is 7.01. The summed E-state index contributed by atoms with van der Waals surface area (Å²) in [7, 11) is 0. The van der Waals surface area contributed by atoms with Gasteiger partial charge in [-0.25, -0.2) is 9.18 Å². The van der Waals surface area contributed by atoms with Gasteiger partial charge in [0.2, 0.25) is 0 Å². The highest BCUT2D eigenvalue weighted by Crippen LogP contribution is 2.41. The van der Waals surface area contributed by atoms with E-state index in [0.717, 1.165) is 40.9 Å². The van der Waals surface area contributed by atoms with Crippen LogP contribution in [0.5, 0.6) is 5.75 Å². The average Bonchev–Trinajstić information content (AvgIpc) is 3.68. The fraction of sp³-hybridized carbons (Fsp3) is 0.172. The topological polar surface area (TPSA) is 64.6 Å². The summed E-state index contributed by atoms with van der Waals surface area (Å²) in [5, 5.41) is 2.18. The molecule has 5 rings (SSSR count). The molecule has 0 bridgehead atoms. The molecule has 5 nitrogen and oxygen atoms in total. The molecule has 1 saturated carbocycles. The van der Waals surface area contributed by atoms with Gasteiger partial charge in [0.1, 0.15) is 17.7 Å². The Morgan fingerprint density at radius 3 is 2.30 bits per heavy atom. The van der Waals surface area contributed by atoms with Crippen LogP contribution in [0.25, 0.3) is 21.6 Å². The predicted octanol–water partition coefficient (Wildman–Crippen LogP) is 7.99. The quantitative estimate of drug-likeness (QED) is 0.199. The van der Waals surface area contributed by atoms with Crippen LogP contribution in [0.2, 0.25) is 0 Å². The van der Waals surface area contributed by atoms with Gasteiger partial charge in [0.05, 0.1) is 16.5 Å². The van der Waals surface area contributed by atoms with Crippen LogP contribution in [0.15, 0.2) is 78.9 Å². The summed E-state index contributed by atoms with van der Waals surface area (Å²) in [5.74, 6) is -0.115. The largest absolute Gasteiger partial charge is 0.441 e. The third kappa shape index (κ3) is 5.86. The molecule has 1 aliphatic rings. The minimum Gasteiger partial charge on any atom is -0.441 e. The molecule has 37 heavy (non-hydrogen) atoms. The molecular formula is C29H23F2NO4S. The van der Waals surface area contributed by atoms with E-state index in [4.69, 9.17) is 9.47 Å². The fourth-order valence-electron chi connectivity index (χ4n) is 3.91. The Labute approximate surface area is 216 Å². The lowest BCUT2D eigenvalue weighted by Gasteiger charge is -2.15. The van der Waals surface area contributed by atoms with E-state index >= 15 is 0 Å². The SMILES string of the molecule is CC(OC(=O)Nc1cc(F)sc1-c1ccccc1-c1ccc(OC(=O)C2CC2)cc1)c1ccc(F)cc1. The second-order valence-corrected chi connectivity index (χ2v) is 9.79. The molecular weight excluding hydrogens is 496 g/mol. The normalized spacial score (nSPS) is 13.6. The molecule has 4 aromatic rings.